The zero-order valence-corrected chi connectivity index (χ0v) is 10.6. The van der Waals surface area contributed by atoms with Crippen LogP contribution in [0.5, 0.6) is 0 Å². The summed E-state index contributed by atoms with van der Waals surface area (Å²) in [6.45, 7) is 6.54. The van der Waals surface area contributed by atoms with E-state index in [-0.39, 0.29) is 11.5 Å². The molecule has 2 heteroatoms. The molecule has 3 rings (SSSR count). The molecule has 1 aliphatic rings. The van der Waals surface area contributed by atoms with Crippen LogP contribution in [-0.2, 0) is 0 Å². The van der Waals surface area contributed by atoms with Crippen molar-refractivity contribution < 1.29 is 0 Å². The summed E-state index contributed by atoms with van der Waals surface area (Å²) in [5.41, 5.74) is 9.94. The van der Waals surface area contributed by atoms with Crippen molar-refractivity contribution in [2.75, 3.05) is 0 Å². The summed E-state index contributed by atoms with van der Waals surface area (Å²) >= 11 is 0. The number of aromatic nitrogens is 1. The molecule has 0 spiro atoms. The third-order valence-electron chi connectivity index (χ3n) is 4.12. The zero-order valence-electron chi connectivity index (χ0n) is 10.6. The molecule has 0 unspecified atom stereocenters. The smallest absolute Gasteiger partial charge is 0.0708 e. The molecule has 2 atom stereocenters. The Kier molecular flexibility index (Phi) is 2.08. The van der Waals surface area contributed by atoms with E-state index in [4.69, 9.17) is 5.73 Å². The molecule has 0 radical (unpaired) electrons. The number of hydrogen-bond donors (Lipinski definition) is 1. The summed E-state index contributed by atoms with van der Waals surface area (Å²) < 4.78 is 0. The molecule has 1 aromatic heterocycles. The van der Waals surface area contributed by atoms with Gasteiger partial charge in [0.15, 0.2) is 0 Å². The number of pyridine rings is 1. The van der Waals surface area contributed by atoms with Crippen LogP contribution >= 0.6 is 0 Å². The van der Waals surface area contributed by atoms with Crippen LogP contribution in [0.3, 0.4) is 0 Å². The van der Waals surface area contributed by atoms with E-state index in [9.17, 15) is 0 Å². The topological polar surface area (TPSA) is 38.9 Å². The minimum atomic E-state index is 0.219. The lowest BCUT2D eigenvalue weighted by atomic mass is 9.98. The molecule has 2 nitrogen and oxygen atoms in total. The molecule has 0 amide bonds. The third kappa shape index (κ3) is 1.48. The second kappa shape index (κ2) is 3.30. The van der Waals surface area contributed by atoms with Gasteiger partial charge >= 0.3 is 0 Å². The van der Waals surface area contributed by atoms with Gasteiger partial charge in [-0.1, -0.05) is 32.0 Å². The summed E-state index contributed by atoms with van der Waals surface area (Å²) in [5.74, 6) is 0.467. The Morgan fingerprint density at radius 2 is 1.88 bits per heavy atom. The van der Waals surface area contributed by atoms with E-state index in [1.165, 1.54) is 10.9 Å². The molecule has 1 heterocycles. The van der Waals surface area contributed by atoms with Gasteiger partial charge in [-0.25, -0.2) is 0 Å². The predicted octanol–water partition coefficient (Wildman–Crippen LogP) is 2.99. The average molecular weight is 226 g/mol. The van der Waals surface area contributed by atoms with Crippen molar-refractivity contribution in [2.24, 2.45) is 11.1 Å². The highest BCUT2D eigenvalue weighted by molar-refractivity contribution is 5.83. The summed E-state index contributed by atoms with van der Waals surface area (Å²) in [6, 6.07) is 10.8. The van der Waals surface area contributed by atoms with Crippen LogP contribution in [-0.4, -0.2) is 11.0 Å². The van der Waals surface area contributed by atoms with Gasteiger partial charge in [0.1, 0.15) is 0 Å². The molecule has 1 fully saturated rings. The Hall–Kier alpha value is -1.41. The number of fused-ring (bicyclic) bond motifs is 1. The Balaban J connectivity index is 2.23. The maximum atomic E-state index is 6.20. The summed E-state index contributed by atoms with van der Waals surface area (Å²) in [4.78, 5) is 4.58. The molecule has 17 heavy (non-hydrogen) atoms. The molecule has 2 aromatic rings. The number of hydrogen-bond acceptors (Lipinski definition) is 2. The number of rotatable bonds is 1. The third-order valence-corrected chi connectivity index (χ3v) is 4.12. The first-order valence-corrected chi connectivity index (χ1v) is 6.13. The fourth-order valence-electron chi connectivity index (χ4n) is 2.87. The summed E-state index contributed by atoms with van der Waals surface area (Å²) in [5, 5.41) is 1.25. The molecule has 0 aliphatic heterocycles. The van der Waals surface area contributed by atoms with Gasteiger partial charge in [-0.15, -0.1) is 0 Å². The molecule has 1 aromatic carbocycles. The SMILES string of the molecule is Cc1cc([C@@H]2[C@@H](N)C2(C)C)c2ccccc2n1. The van der Waals surface area contributed by atoms with E-state index in [0.29, 0.717) is 5.92 Å². The fourth-order valence-corrected chi connectivity index (χ4v) is 2.87. The maximum Gasteiger partial charge on any atom is 0.0708 e. The zero-order chi connectivity index (χ0) is 12.2. The number of benzene rings is 1. The Morgan fingerprint density at radius 1 is 1.24 bits per heavy atom. The highest BCUT2D eigenvalue weighted by Crippen LogP contribution is 2.58. The average Bonchev–Trinajstić information content (AvgIpc) is 2.77. The molecular weight excluding hydrogens is 208 g/mol. The van der Waals surface area contributed by atoms with Crippen LogP contribution in [0.25, 0.3) is 10.9 Å². The highest BCUT2D eigenvalue weighted by Gasteiger charge is 2.56. The van der Waals surface area contributed by atoms with Crippen molar-refractivity contribution in [2.45, 2.75) is 32.7 Å². The van der Waals surface area contributed by atoms with Crippen molar-refractivity contribution in [1.29, 1.82) is 0 Å². The summed E-state index contributed by atoms with van der Waals surface area (Å²) in [6.07, 6.45) is 0. The van der Waals surface area contributed by atoms with Crippen LogP contribution in [0.4, 0.5) is 0 Å². The second-order valence-corrected chi connectivity index (χ2v) is 5.69. The lowest BCUT2D eigenvalue weighted by Crippen LogP contribution is -2.06. The van der Waals surface area contributed by atoms with E-state index in [1.54, 1.807) is 0 Å². The summed E-state index contributed by atoms with van der Waals surface area (Å²) in [7, 11) is 0. The van der Waals surface area contributed by atoms with Crippen LogP contribution in [0.2, 0.25) is 0 Å². The molecule has 1 aliphatic carbocycles. The van der Waals surface area contributed by atoms with E-state index >= 15 is 0 Å². The van der Waals surface area contributed by atoms with Crippen LogP contribution in [0.15, 0.2) is 30.3 Å². The minimum absolute atomic E-state index is 0.219. The van der Waals surface area contributed by atoms with Crippen molar-refractivity contribution in [1.82, 2.24) is 4.98 Å². The molecule has 1 saturated carbocycles. The normalized spacial score (nSPS) is 26.1. The largest absolute Gasteiger partial charge is 0.327 e. The lowest BCUT2D eigenvalue weighted by molar-refractivity contribution is 0.600. The molecule has 0 bridgehead atoms. The van der Waals surface area contributed by atoms with Gasteiger partial charge in [-0.3, -0.25) is 4.98 Å². The van der Waals surface area contributed by atoms with E-state index in [1.807, 2.05) is 6.07 Å². The maximum absolute atomic E-state index is 6.20. The quantitative estimate of drug-likeness (QED) is 0.812. The van der Waals surface area contributed by atoms with Crippen molar-refractivity contribution >= 4 is 10.9 Å². The van der Waals surface area contributed by atoms with Crippen molar-refractivity contribution in [3.8, 4) is 0 Å². The van der Waals surface area contributed by atoms with Gasteiger partial charge in [0.05, 0.1) is 5.52 Å². The number of para-hydroxylation sites is 1. The molecular formula is C15H18N2. The number of nitrogens with two attached hydrogens (primary N) is 1. The predicted molar refractivity (Wildman–Crippen MR) is 71.0 cm³/mol. The van der Waals surface area contributed by atoms with E-state index in [0.717, 1.165) is 11.2 Å². The number of aryl methyl sites for hydroxylation is 1. The standard InChI is InChI=1S/C15H18N2/c1-9-8-11(13-14(16)15(13,2)3)10-6-4-5-7-12(10)17-9/h4-8,13-14H,16H2,1-3H3/t13-,14-/m1/s1. The van der Waals surface area contributed by atoms with Crippen LogP contribution in [0, 0.1) is 12.3 Å². The second-order valence-electron chi connectivity index (χ2n) is 5.69. The highest BCUT2D eigenvalue weighted by atomic mass is 14.8. The van der Waals surface area contributed by atoms with Gasteiger partial charge in [-0.2, -0.15) is 0 Å². The van der Waals surface area contributed by atoms with Crippen molar-refractivity contribution in [3.63, 3.8) is 0 Å². The Morgan fingerprint density at radius 3 is 2.53 bits per heavy atom. The first-order valence-electron chi connectivity index (χ1n) is 6.13. The van der Waals surface area contributed by atoms with Gasteiger partial charge in [0.25, 0.3) is 0 Å². The minimum Gasteiger partial charge on any atom is -0.327 e. The van der Waals surface area contributed by atoms with Gasteiger partial charge < -0.3 is 5.73 Å². The van der Waals surface area contributed by atoms with E-state index < -0.39 is 0 Å². The van der Waals surface area contributed by atoms with E-state index in [2.05, 4.69) is 50.0 Å². The lowest BCUT2D eigenvalue weighted by Gasteiger charge is -2.08. The molecule has 2 N–H and O–H groups in total. The number of nitrogens with zero attached hydrogens (tertiary/aromatic N) is 1. The molecule has 88 valence electrons. The van der Waals surface area contributed by atoms with Crippen LogP contribution in [0.1, 0.15) is 31.0 Å². The Bertz CT molecular complexity index is 586. The van der Waals surface area contributed by atoms with Crippen LogP contribution < -0.4 is 5.73 Å². The van der Waals surface area contributed by atoms with Gasteiger partial charge in [-0.05, 0) is 30.0 Å². The molecule has 0 saturated heterocycles. The first kappa shape index (κ1) is 10.7. The fraction of sp³-hybridized carbons (Fsp3) is 0.400. The first-order chi connectivity index (χ1) is 8.01. The van der Waals surface area contributed by atoms with Gasteiger partial charge in [0, 0.05) is 23.0 Å². The van der Waals surface area contributed by atoms with Crippen molar-refractivity contribution in [3.05, 3.63) is 41.6 Å². The van der Waals surface area contributed by atoms with Gasteiger partial charge in [0.2, 0.25) is 0 Å². The Labute approximate surface area is 102 Å². The monoisotopic (exact) mass is 226 g/mol.